The van der Waals surface area contributed by atoms with Crippen LogP contribution in [0.15, 0.2) is 60.8 Å². The van der Waals surface area contributed by atoms with Crippen molar-refractivity contribution >= 4 is 10.9 Å². The van der Waals surface area contributed by atoms with Crippen LogP contribution < -0.4 is 4.74 Å². The fraction of sp³-hybridized carbons (Fsp3) is 0.385. The van der Waals surface area contributed by atoms with Crippen molar-refractivity contribution in [3.05, 3.63) is 66.4 Å². The Balaban J connectivity index is 1.86. The maximum atomic E-state index is 6.49. The van der Waals surface area contributed by atoms with E-state index in [9.17, 15) is 0 Å². The number of aromatic nitrogens is 1. The van der Waals surface area contributed by atoms with Gasteiger partial charge in [0.15, 0.2) is 0 Å². The van der Waals surface area contributed by atoms with Gasteiger partial charge in [-0.2, -0.15) is 0 Å². The van der Waals surface area contributed by atoms with Gasteiger partial charge >= 0.3 is 0 Å². The van der Waals surface area contributed by atoms with Crippen LogP contribution in [0.2, 0.25) is 0 Å². The number of benzene rings is 2. The molecule has 0 radical (unpaired) electrons. The largest absolute Gasteiger partial charge is 0.490 e. The molecule has 2 heteroatoms. The zero-order valence-electron chi connectivity index (χ0n) is 17.6. The van der Waals surface area contributed by atoms with Crippen LogP contribution >= 0.6 is 0 Å². The van der Waals surface area contributed by atoms with Crippen molar-refractivity contribution in [2.24, 2.45) is 0 Å². The van der Waals surface area contributed by atoms with Gasteiger partial charge in [-0.25, -0.2) is 0 Å². The Bertz CT molecular complexity index is 921. The SMILES string of the molecule is C=C(C)CCCC(CCC)Oc1cc(CC)cc(-c2c[nH]c3ccccc23)c1. The average Bonchev–Trinajstić information content (AvgIpc) is 3.11. The zero-order chi connectivity index (χ0) is 19.9. The summed E-state index contributed by atoms with van der Waals surface area (Å²) in [6.07, 6.45) is 8.92. The van der Waals surface area contributed by atoms with E-state index < -0.39 is 0 Å². The summed E-state index contributed by atoms with van der Waals surface area (Å²) in [6.45, 7) is 10.6. The molecule has 0 aliphatic carbocycles. The molecule has 0 spiro atoms. The molecule has 2 aromatic carbocycles. The molecule has 1 atom stereocenters. The van der Waals surface area contributed by atoms with Gasteiger partial charge in [0.1, 0.15) is 5.75 Å². The lowest BCUT2D eigenvalue weighted by atomic mass is 10.0. The van der Waals surface area contributed by atoms with E-state index in [1.807, 2.05) is 0 Å². The molecule has 0 saturated carbocycles. The number of allylic oxidation sites excluding steroid dienone is 1. The maximum Gasteiger partial charge on any atom is 0.120 e. The number of rotatable bonds is 10. The Kier molecular flexibility index (Phi) is 6.97. The first kappa shape index (κ1) is 20.3. The van der Waals surface area contributed by atoms with Gasteiger partial charge in [-0.05, 0) is 68.4 Å². The molecule has 28 heavy (non-hydrogen) atoms. The summed E-state index contributed by atoms with van der Waals surface area (Å²) in [5.41, 5.74) is 6.21. The number of H-pyrrole nitrogens is 1. The van der Waals surface area contributed by atoms with E-state index in [1.165, 1.54) is 33.2 Å². The Morgan fingerprint density at radius 3 is 2.68 bits per heavy atom. The first-order valence-corrected chi connectivity index (χ1v) is 10.6. The third-order valence-corrected chi connectivity index (χ3v) is 5.32. The van der Waals surface area contributed by atoms with Gasteiger partial charge in [-0.3, -0.25) is 0 Å². The second kappa shape index (κ2) is 9.64. The van der Waals surface area contributed by atoms with Crippen LogP contribution in [0.5, 0.6) is 5.75 Å². The predicted molar refractivity (Wildman–Crippen MR) is 121 cm³/mol. The Labute approximate surface area is 169 Å². The monoisotopic (exact) mass is 375 g/mol. The van der Waals surface area contributed by atoms with Gasteiger partial charge in [0.25, 0.3) is 0 Å². The first-order chi connectivity index (χ1) is 13.6. The summed E-state index contributed by atoms with van der Waals surface area (Å²) in [6, 6.07) is 15.2. The van der Waals surface area contributed by atoms with Crippen LogP contribution in [0.25, 0.3) is 22.0 Å². The second-order valence-corrected chi connectivity index (χ2v) is 7.84. The standard InChI is InChI=1S/C26H33NO/c1-5-10-22(12-9-11-19(3)4)28-23-16-20(6-2)15-21(17-23)25-18-27-26-14-8-7-13-24(25)26/h7-8,13-18,22,27H,3,5-6,9-12H2,1-2,4H3. The summed E-state index contributed by atoms with van der Waals surface area (Å²) in [4.78, 5) is 3.39. The van der Waals surface area contributed by atoms with E-state index in [4.69, 9.17) is 4.74 Å². The van der Waals surface area contributed by atoms with Crippen molar-refractivity contribution < 1.29 is 4.74 Å². The number of aromatic amines is 1. The minimum atomic E-state index is 0.271. The number of nitrogens with one attached hydrogen (secondary N) is 1. The van der Waals surface area contributed by atoms with Gasteiger partial charge in [-0.1, -0.05) is 50.1 Å². The molecule has 0 aliphatic heterocycles. The lowest BCUT2D eigenvalue weighted by Crippen LogP contribution is -2.16. The Morgan fingerprint density at radius 2 is 1.93 bits per heavy atom. The summed E-state index contributed by atoms with van der Waals surface area (Å²) >= 11 is 0. The van der Waals surface area contributed by atoms with Crippen LogP contribution in [0, 0.1) is 0 Å². The van der Waals surface area contributed by atoms with Crippen LogP contribution in [0.3, 0.4) is 0 Å². The summed E-state index contributed by atoms with van der Waals surface area (Å²) in [5.74, 6) is 0.994. The van der Waals surface area contributed by atoms with E-state index >= 15 is 0 Å². The van der Waals surface area contributed by atoms with Gasteiger partial charge in [0, 0.05) is 22.7 Å². The molecule has 0 fully saturated rings. The van der Waals surface area contributed by atoms with Gasteiger partial charge in [-0.15, -0.1) is 6.58 Å². The molecule has 3 rings (SSSR count). The summed E-state index contributed by atoms with van der Waals surface area (Å²) < 4.78 is 6.49. The molecular formula is C26H33NO. The van der Waals surface area contributed by atoms with Crippen LogP contribution in [-0.4, -0.2) is 11.1 Å². The molecule has 3 aromatic rings. The molecule has 2 nitrogen and oxygen atoms in total. The van der Waals surface area contributed by atoms with Crippen molar-refractivity contribution in [1.82, 2.24) is 4.98 Å². The molecular weight excluding hydrogens is 342 g/mol. The molecule has 0 bridgehead atoms. The van der Waals surface area contributed by atoms with Crippen LogP contribution in [0.1, 0.15) is 58.4 Å². The first-order valence-electron chi connectivity index (χ1n) is 10.6. The minimum absolute atomic E-state index is 0.271. The molecule has 1 heterocycles. The van der Waals surface area contributed by atoms with E-state index in [0.717, 1.165) is 44.3 Å². The minimum Gasteiger partial charge on any atom is -0.490 e. The summed E-state index contributed by atoms with van der Waals surface area (Å²) in [7, 11) is 0. The lowest BCUT2D eigenvalue weighted by molar-refractivity contribution is 0.177. The number of aryl methyl sites for hydroxylation is 1. The van der Waals surface area contributed by atoms with Crippen molar-refractivity contribution in [3.63, 3.8) is 0 Å². The second-order valence-electron chi connectivity index (χ2n) is 7.84. The van der Waals surface area contributed by atoms with E-state index in [1.54, 1.807) is 0 Å². The van der Waals surface area contributed by atoms with E-state index in [2.05, 4.69) is 81.0 Å². The predicted octanol–water partition coefficient (Wildman–Crippen LogP) is 7.69. The van der Waals surface area contributed by atoms with Crippen molar-refractivity contribution in [3.8, 4) is 16.9 Å². The third kappa shape index (κ3) is 5.07. The molecule has 0 aliphatic rings. The maximum absolute atomic E-state index is 6.49. The van der Waals surface area contributed by atoms with E-state index in [-0.39, 0.29) is 6.10 Å². The molecule has 0 amide bonds. The highest BCUT2D eigenvalue weighted by Crippen LogP contribution is 2.33. The van der Waals surface area contributed by atoms with E-state index in [0.29, 0.717) is 0 Å². The smallest absolute Gasteiger partial charge is 0.120 e. The highest BCUT2D eigenvalue weighted by molar-refractivity contribution is 5.95. The number of fused-ring (bicyclic) bond motifs is 1. The van der Waals surface area contributed by atoms with Gasteiger partial charge in [0.2, 0.25) is 0 Å². The zero-order valence-corrected chi connectivity index (χ0v) is 17.6. The average molecular weight is 376 g/mol. The van der Waals surface area contributed by atoms with Crippen molar-refractivity contribution in [1.29, 1.82) is 0 Å². The van der Waals surface area contributed by atoms with Crippen molar-refractivity contribution in [2.45, 2.75) is 65.4 Å². The fourth-order valence-corrected chi connectivity index (χ4v) is 3.81. The number of hydrogen-bond acceptors (Lipinski definition) is 1. The Morgan fingerprint density at radius 1 is 1.11 bits per heavy atom. The number of ether oxygens (including phenoxy) is 1. The molecule has 148 valence electrons. The topological polar surface area (TPSA) is 25.0 Å². The number of para-hydroxylation sites is 1. The fourth-order valence-electron chi connectivity index (χ4n) is 3.81. The van der Waals surface area contributed by atoms with Gasteiger partial charge in [0.05, 0.1) is 6.10 Å². The van der Waals surface area contributed by atoms with Crippen molar-refractivity contribution in [2.75, 3.05) is 0 Å². The molecule has 1 unspecified atom stereocenters. The number of hydrogen-bond donors (Lipinski definition) is 1. The van der Waals surface area contributed by atoms with Crippen LogP contribution in [-0.2, 0) is 6.42 Å². The molecule has 0 saturated heterocycles. The molecule has 1 N–H and O–H groups in total. The lowest BCUT2D eigenvalue weighted by Gasteiger charge is -2.20. The Hall–Kier alpha value is -2.48. The highest BCUT2D eigenvalue weighted by Gasteiger charge is 2.13. The molecule has 1 aromatic heterocycles. The highest BCUT2D eigenvalue weighted by atomic mass is 16.5. The van der Waals surface area contributed by atoms with Crippen LogP contribution in [0.4, 0.5) is 0 Å². The third-order valence-electron chi connectivity index (χ3n) is 5.32. The van der Waals surface area contributed by atoms with Gasteiger partial charge < -0.3 is 9.72 Å². The summed E-state index contributed by atoms with van der Waals surface area (Å²) in [5, 5.41) is 1.26. The quantitative estimate of drug-likeness (QED) is 0.361. The normalized spacial score (nSPS) is 12.2.